The first-order valence-corrected chi connectivity index (χ1v) is 6.85. The van der Waals surface area contributed by atoms with E-state index in [4.69, 9.17) is 23.1 Å². The molecule has 19 heavy (non-hydrogen) atoms. The number of hydrogen-bond acceptors (Lipinski definition) is 2. The Morgan fingerprint density at radius 2 is 2.00 bits per heavy atom. The Balaban J connectivity index is 2.08. The minimum absolute atomic E-state index is 0.0965. The van der Waals surface area contributed by atoms with Crippen LogP contribution in [0, 0.1) is 0 Å². The van der Waals surface area contributed by atoms with E-state index in [2.05, 4.69) is 34.2 Å². The molecule has 4 N–H and O–H groups in total. The van der Waals surface area contributed by atoms with Gasteiger partial charge in [-0.15, -0.1) is 11.6 Å². The van der Waals surface area contributed by atoms with Crippen molar-refractivity contribution in [3.05, 3.63) is 47.2 Å². The van der Waals surface area contributed by atoms with Crippen molar-refractivity contribution in [1.29, 1.82) is 0 Å². The summed E-state index contributed by atoms with van der Waals surface area (Å²) in [6.07, 6.45) is 0.919. The molecule has 0 aliphatic carbocycles. The third-order valence-corrected chi connectivity index (χ3v) is 3.51. The van der Waals surface area contributed by atoms with Crippen LogP contribution in [-0.2, 0) is 6.54 Å². The molecule has 0 aromatic heterocycles. The van der Waals surface area contributed by atoms with E-state index >= 15 is 0 Å². The zero-order chi connectivity index (χ0) is 13.7. The molecule has 5 heteroatoms. The highest BCUT2D eigenvalue weighted by Crippen LogP contribution is 2.21. The molecule has 0 saturated carbocycles. The Hall–Kier alpha value is -1.52. The first kappa shape index (κ1) is 13.9. The molecule has 2 rings (SSSR count). The maximum atomic E-state index is 5.94. The number of aliphatic imine (C=N–C) groups is 1. The van der Waals surface area contributed by atoms with E-state index < -0.39 is 0 Å². The van der Waals surface area contributed by atoms with Crippen LogP contribution in [0.15, 0.2) is 46.6 Å². The summed E-state index contributed by atoms with van der Waals surface area (Å²) in [6, 6.07) is 10.4. The van der Waals surface area contributed by atoms with Crippen molar-refractivity contribution in [2.75, 3.05) is 19.0 Å². The fourth-order valence-corrected chi connectivity index (χ4v) is 2.52. The van der Waals surface area contributed by atoms with Gasteiger partial charge in [0.1, 0.15) is 0 Å². The van der Waals surface area contributed by atoms with E-state index in [9.17, 15) is 0 Å². The van der Waals surface area contributed by atoms with Gasteiger partial charge in [0.2, 0.25) is 0 Å². The Labute approximate surface area is 118 Å². The van der Waals surface area contributed by atoms with Crippen molar-refractivity contribution in [1.82, 2.24) is 4.90 Å². The molecule has 4 nitrogen and oxygen atoms in total. The number of hydrogen-bond donors (Lipinski definition) is 2. The molecule has 1 aromatic rings. The van der Waals surface area contributed by atoms with Crippen molar-refractivity contribution in [3.8, 4) is 0 Å². The topological polar surface area (TPSA) is 67.6 Å². The number of benzene rings is 1. The van der Waals surface area contributed by atoms with Gasteiger partial charge >= 0.3 is 0 Å². The average molecular weight is 279 g/mol. The highest BCUT2D eigenvalue weighted by atomic mass is 35.5. The van der Waals surface area contributed by atoms with E-state index in [1.165, 1.54) is 5.56 Å². The largest absolute Gasteiger partial charge is 0.370 e. The van der Waals surface area contributed by atoms with E-state index in [-0.39, 0.29) is 5.96 Å². The Morgan fingerprint density at radius 1 is 1.26 bits per heavy atom. The predicted molar refractivity (Wildman–Crippen MR) is 79.9 cm³/mol. The van der Waals surface area contributed by atoms with Gasteiger partial charge in [0.15, 0.2) is 5.96 Å². The Kier molecular flexibility index (Phi) is 4.82. The molecule has 102 valence electrons. The summed E-state index contributed by atoms with van der Waals surface area (Å²) in [4.78, 5) is 6.53. The number of guanidine groups is 1. The van der Waals surface area contributed by atoms with Crippen molar-refractivity contribution in [3.63, 3.8) is 0 Å². The van der Waals surface area contributed by atoms with Gasteiger partial charge in [-0.2, -0.15) is 0 Å². The summed E-state index contributed by atoms with van der Waals surface area (Å²) in [5, 5.41) is 0. The van der Waals surface area contributed by atoms with Gasteiger partial charge in [0, 0.05) is 25.5 Å². The fraction of sp³-hybridized carbons (Fsp3) is 0.357. The van der Waals surface area contributed by atoms with Gasteiger partial charge in [-0.3, -0.25) is 4.90 Å². The fourth-order valence-electron chi connectivity index (χ4n) is 2.23. The lowest BCUT2D eigenvalue weighted by Gasteiger charge is -2.28. The third-order valence-electron chi connectivity index (χ3n) is 3.19. The molecular weight excluding hydrogens is 260 g/mol. The Morgan fingerprint density at radius 3 is 2.63 bits per heavy atom. The molecular formula is C14H19ClN4. The average Bonchev–Trinajstić information content (AvgIpc) is 2.39. The summed E-state index contributed by atoms with van der Waals surface area (Å²) < 4.78 is 0. The standard InChI is InChI=1S/C14H19ClN4/c15-8-12-6-7-19(10-13(12)18-14(16)17)9-11-4-2-1-3-5-11/h1-5H,6-10H2,(H4,16,17,18). The lowest BCUT2D eigenvalue weighted by atomic mass is 10.1. The molecule has 1 aliphatic rings. The predicted octanol–water partition coefficient (Wildman–Crippen LogP) is 1.66. The second kappa shape index (κ2) is 6.59. The second-order valence-corrected chi connectivity index (χ2v) is 4.93. The summed E-state index contributed by atoms with van der Waals surface area (Å²) in [7, 11) is 0. The molecule has 0 saturated heterocycles. The monoisotopic (exact) mass is 278 g/mol. The molecule has 1 heterocycles. The van der Waals surface area contributed by atoms with E-state index in [0.29, 0.717) is 5.88 Å². The van der Waals surface area contributed by atoms with Crippen LogP contribution >= 0.6 is 11.6 Å². The van der Waals surface area contributed by atoms with Crippen LogP contribution in [-0.4, -0.2) is 29.8 Å². The summed E-state index contributed by atoms with van der Waals surface area (Å²) >= 11 is 5.94. The van der Waals surface area contributed by atoms with E-state index in [1.807, 2.05) is 6.07 Å². The molecule has 1 aliphatic heterocycles. The van der Waals surface area contributed by atoms with E-state index in [0.717, 1.165) is 37.3 Å². The first-order valence-electron chi connectivity index (χ1n) is 6.32. The van der Waals surface area contributed by atoms with Crippen molar-refractivity contribution >= 4 is 17.6 Å². The maximum absolute atomic E-state index is 5.94. The van der Waals surface area contributed by atoms with E-state index in [1.54, 1.807) is 0 Å². The highest BCUT2D eigenvalue weighted by Gasteiger charge is 2.18. The summed E-state index contributed by atoms with van der Waals surface area (Å²) in [6.45, 7) is 2.63. The lowest BCUT2D eigenvalue weighted by molar-refractivity contribution is 0.276. The van der Waals surface area contributed by atoms with Gasteiger partial charge in [-0.1, -0.05) is 30.3 Å². The molecule has 1 aromatic carbocycles. The lowest BCUT2D eigenvalue weighted by Crippen LogP contribution is -2.33. The van der Waals surface area contributed by atoms with Gasteiger partial charge < -0.3 is 11.5 Å². The van der Waals surface area contributed by atoms with Gasteiger partial charge in [-0.25, -0.2) is 4.99 Å². The van der Waals surface area contributed by atoms with Crippen LogP contribution in [0.3, 0.4) is 0 Å². The normalized spacial score (nSPS) is 16.5. The molecule has 0 fully saturated rings. The molecule has 0 spiro atoms. The summed E-state index contributed by atoms with van der Waals surface area (Å²) in [5.74, 6) is 0.588. The zero-order valence-electron chi connectivity index (χ0n) is 10.8. The summed E-state index contributed by atoms with van der Waals surface area (Å²) in [5.41, 5.74) is 14.3. The molecule has 0 radical (unpaired) electrons. The maximum Gasteiger partial charge on any atom is 0.190 e. The zero-order valence-corrected chi connectivity index (χ0v) is 11.6. The third kappa shape index (κ3) is 3.98. The van der Waals surface area contributed by atoms with Crippen LogP contribution in [0.4, 0.5) is 0 Å². The SMILES string of the molecule is NC(N)=NC1=C(CCl)CCN(Cc2ccccc2)C1. The smallest absolute Gasteiger partial charge is 0.190 e. The minimum Gasteiger partial charge on any atom is -0.370 e. The molecule has 0 amide bonds. The van der Waals surface area contributed by atoms with Crippen LogP contribution in [0.25, 0.3) is 0 Å². The van der Waals surface area contributed by atoms with Crippen LogP contribution in [0.2, 0.25) is 0 Å². The molecule has 0 unspecified atom stereocenters. The van der Waals surface area contributed by atoms with Crippen molar-refractivity contribution in [2.24, 2.45) is 16.5 Å². The van der Waals surface area contributed by atoms with Gasteiger partial charge in [-0.05, 0) is 17.6 Å². The van der Waals surface area contributed by atoms with Gasteiger partial charge in [0.25, 0.3) is 0 Å². The van der Waals surface area contributed by atoms with Crippen LogP contribution < -0.4 is 11.5 Å². The number of rotatable bonds is 4. The van der Waals surface area contributed by atoms with Crippen molar-refractivity contribution in [2.45, 2.75) is 13.0 Å². The van der Waals surface area contributed by atoms with Gasteiger partial charge in [0.05, 0.1) is 5.70 Å². The number of nitrogens with two attached hydrogens (primary N) is 2. The molecule has 0 atom stereocenters. The highest BCUT2D eigenvalue weighted by molar-refractivity contribution is 6.19. The number of alkyl halides is 1. The quantitative estimate of drug-likeness (QED) is 0.500. The first-order chi connectivity index (χ1) is 9.19. The molecule has 0 bridgehead atoms. The minimum atomic E-state index is 0.0965. The number of halogens is 1. The van der Waals surface area contributed by atoms with Crippen molar-refractivity contribution < 1.29 is 0 Å². The number of nitrogens with zero attached hydrogens (tertiary/aromatic N) is 2. The Bertz CT molecular complexity index is 477. The van der Waals surface area contributed by atoms with Crippen LogP contribution in [0.5, 0.6) is 0 Å². The second-order valence-electron chi connectivity index (χ2n) is 4.67. The van der Waals surface area contributed by atoms with Crippen LogP contribution in [0.1, 0.15) is 12.0 Å².